The van der Waals surface area contributed by atoms with E-state index >= 15 is 4.39 Å². The maximum atomic E-state index is 15.1. The summed E-state index contributed by atoms with van der Waals surface area (Å²) in [6.45, 7) is 0. The molecule has 0 amide bonds. The molecular formula is C21H25FO3S. The summed E-state index contributed by atoms with van der Waals surface area (Å²) in [6.07, 6.45) is 8.77. The molecule has 0 aliphatic heterocycles. The van der Waals surface area contributed by atoms with Crippen LogP contribution in [0.15, 0.2) is 17.9 Å². The quantitative estimate of drug-likeness (QED) is 0.742. The first-order chi connectivity index (χ1) is 12.2. The van der Waals surface area contributed by atoms with E-state index in [0.717, 1.165) is 19.3 Å². The van der Waals surface area contributed by atoms with Crippen LogP contribution in [0.1, 0.15) is 30.4 Å². The first-order valence-electron chi connectivity index (χ1n) is 8.66. The van der Waals surface area contributed by atoms with Crippen molar-refractivity contribution in [2.75, 3.05) is 33.0 Å². The largest absolute Gasteiger partial charge is 0.500 e. The molecule has 26 heavy (non-hydrogen) atoms. The summed E-state index contributed by atoms with van der Waals surface area (Å²) in [4.78, 5) is 12.9. The maximum absolute atomic E-state index is 15.1. The van der Waals surface area contributed by atoms with Gasteiger partial charge in [-0.3, -0.25) is 4.79 Å². The van der Waals surface area contributed by atoms with Gasteiger partial charge in [0.05, 0.1) is 25.4 Å². The van der Waals surface area contributed by atoms with Gasteiger partial charge in [-0.05, 0) is 55.4 Å². The molecule has 140 valence electrons. The van der Waals surface area contributed by atoms with Gasteiger partial charge in [0.15, 0.2) is 5.78 Å². The van der Waals surface area contributed by atoms with Crippen LogP contribution in [0.5, 0.6) is 5.75 Å². The summed E-state index contributed by atoms with van der Waals surface area (Å²) in [5, 5.41) is 3.18. The molecule has 0 N–H and O–H groups in total. The Morgan fingerprint density at radius 2 is 1.81 bits per heavy atom. The van der Waals surface area contributed by atoms with Crippen molar-refractivity contribution in [3.63, 3.8) is 0 Å². The number of benzene rings is 1. The molecule has 2 aliphatic carbocycles. The average molecular weight is 376 g/mol. The standard InChI is InChI=1S/C21H25FO3S/c1-24-17-11-13(8-9-26(3,4)5)10-16(22)18(17)19-20(23)14-6-7-15(12-14)21(19)25-2/h10-11,14-15H,6-7,12H2,1-5H3. The zero-order chi connectivity index (χ0) is 19.1. The Morgan fingerprint density at radius 1 is 1.12 bits per heavy atom. The summed E-state index contributed by atoms with van der Waals surface area (Å²) in [7, 11) is 2.02. The number of hydrogen-bond acceptors (Lipinski definition) is 3. The van der Waals surface area contributed by atoms with E-state index < -0.39 is 15.8 Å². The number of Topliss-reactive ketones (excluding diaryl/α,β-unsaturated/α-hetero) is 1. The Bertz CT molecular complexity index is 839. The van der Waals surface area contributed by atoms with Gasteiger partial charge >= 0.3 is 0 Å². The summed E-state index contributed by atoms with van der Waals surface area (Å²) < 4.78 is 26.1. The Morgan fingerprint density at radius 3 is 2.42 bits per heavy atom. The minimum atomic E-state index is -1.02. The van der Waals surface area contributed by atoms with E-state index in [-0.39, 0.29) is 23.2 Å². The van der Waals surface area contributed by atoms with Gasteiger partial charge in [0.1, 0.15) is 17.3 Å². The van der Waals surface area contributed by atoms with Crippen LogP contribution in [0.4, 0.5) is 4.39 Å². The first-order valence-corrected chi connectivity index (χ1v) is 11.5. The van der Waals surface area contributed by atoms with Gasteiger partial charge in [-0.2, -0.15) is 10.0 Å². The Balaban J connectivity index is 2.15. The lowest BCUT2D eigenvalue weighted by Crippen LogP contribution is -2.23. The number of carbonyl (C=O) groups excluding carboxylic acids is 1. The van der Waals surface area contributed by atoms with Crippen molar-refractivity contribution in [1.29, 1.82) is 0 Å². The smallest absolute Gasteiger partial charge is 0.170 e. The molecule has 1 aromatic carbocycles. The van der Waals surface area contributed by atoms with Gasteiger partial charge in [-0.1, -0.05) is 5.92 Å². The lowest BCUT2D eigenvalue weighted by molar-refractivity contribution is -0.117. The van der Waals surface area contributed by atoms with E-state index in [1.165, 1.54) is 13.2 Å². The molecule has 0 saturated heterocycles. The van der Waals surface area contributed by atoms with Crippen LogP contribution in [0.25, 0.3) is 5.57 Å². The van der Waals surface area contributed by atoms with E-state index in [0.29, 0.717) is 22.6 Å². The molecule has 0 heterocycles. The number of hydrogen-bond donors (Lipinski definition) is 0. The third-order valence-corrected chi connectivity index (χ3v) is 5.63. The summed E-state index contributed by atoms with van der Waals surface area (Å²) in [5.41, 5.74) is 1.11. The molecule has 0 radical (unpaired) electrons. The highest BCUT2D eigenvalue weighted by Gasteiger charge is 2.43. The second kappa shape index (κ2) is 7.00. The fourth-order valence-corrected chi connectivity index (χ4v) is 4.20. The minimum absolute atomic E-state index is 0.0363. The molecule has 2 aliphatic rings. The van der Waals surface area contributed by atoms with Crippen molar-refractivity contribution < 1.29 is 18.7 Å². The molecular weight excluding hydrogens is 351 g/mol. The molecule has 5 heteroatoms. The molecule has 1 fully saturated rings. The zero-order valence-corrected chi connectivity index (χ0v) is 16.8. The van der Waals surface area contributed by atoms with Crippen molar-refractivity contribution in [2.45, 2.75) is 19.3 Å². The molecule has 0 spiro atoms. The Kier molecular flexibility index (Phi) is 5.07. The number of ether oxygens (including phenoxy) is 2. The number of rotatable bonds is 3. The molecule has 0 aromatic heterocycles. The number of carbonyl (C=O) groups is 1. The molecule has 1 saturated carbocycles. The first kappa shape index (κ1) is 18.8. The zero-order valence-electron chi connectivity index (χ0n) is 15.9. The van der Waals surface area contributed by atoms with Gasteiger partial charge in [0, 0.05) is 17.4 Å². The van der Waals surface area contributed by atoms with E-state index in [9.17, 15) is 4.79 Å². The molecule has 2 unspecified atom stereocenters. The van der Waals surface area contributed by atoms with E-state index in [2.05, 4.69) is 29.9 Å². The Labute approximate surface area is 156 Å². The van der Waals surface area contributed by atoms with Crippen LogP contribution in [-0.2, 0) is 9.53 Å². The monoisotopic (exact) mass is 376 g/mol. The fraction of sp³-hybridized carbons (Fsp3) is 0.476. The topological polar surface area (TPSA) is 35.5 Å². The van der Waals surface area contributed by atoms with Gasteiger partial charge in [-0.15, -0.1) is 0 Å². The second-order valence-corrected chi connectivity index (χ2v) is 11.5. The van der Waals surface area contributed by atoms with Gasteiger partial charge in [0.2, 0.25) is 0 Å². The lowest BCUT2D eigenvalue weighted by atomic mass is 9.82. The molecule has 3 rings (SSSR count). The maximum Gasteiger partial charge on any atom is 0.170 e. The SMILES string of the molecule is COC1=C(c2c(F)cc(C#CS(C)(C)C)cc2OC)C(=O)C2CCC1C2. The van der Waals surface area contributed by atoms with Gasteiger partial charge < -0.3 is 9.47 Å². The van der Waals surface area contributed by atoms with E-state index in [1.54, 1.807) is 13.2 Å². The average Bonchev–Trinajstić information content (AvgIpc) is 3.01. The molecule has 2 bridgehead atoms. The molecule has 2 atom stereocenters. The van der Waals surface area contributed by atoms with Crippen LogP contribution in [0.2, 0.25) is 0 Å². The number of allylic oxidation sites excluding steroid dienone is 2. The minimum Gasteiger partial charge on any atom is -0.500 e. The highest BCUT2D eigenvalue weighted by atomic mass is 32.3. The van der Waals surface area contributed by atoms with Crippen molar-refractivity contribution in [3.05, 3.63) is 34.8 Å². The summed E-state index contributed by atoms with van der Waals surface area (Å²) in [6, 6.07) is 3.10. The van der Waals surface area contributed by atoms with Crippen LogP contribution < -0.4 is 4.74 Å². The van der Waals surface area contributed by atoms with E-state index in [1.807, 2.05) is 0 Å². The number of halogens is 1. The second-order valence-electron chi connectivity index (χ2n) is 7.61. The summed E-state index contributed by atoms with van der Waals surface area (Å²) in [5.74, 6) is 3.58. The lowest BCUT2D eigenvalue weighted by Gasteiger charge is -2.25. The third-order valence-electron chi connectivity index (χ3n) is 4.91. The van der Waals surface area contributed by atoms with Gasteiger partial charge in [0.25, 0.3) is 0 Å². The van der Waals surface area contributed by atoms with Crippen LogP contribution in [0.3, 0.4) is 0 Å². The highest BCUT2D eigenvalue weighted by molar-refractivity contribution is 8.35. The van der Waals surface area contributed by atoms with Crippen LogP contribution in [-0.4, -0.2) is 38.8 Å². The van der Waals surface area contributed by atoms with E-state index in [4.69, 9.17) is 9.47 Å². The van der Waals surface area contributed by atoms with Crippen LogP contribution in [0, 0.1) is 28.8 Å². The Hall–Kier alpha value is -1.93. The van der Waals surface area contributed by atoms with Crippen molar-refractivity contribution in [2.24, 2.45) is 11.8 Å². The highest BCUT2D eigenvalue weighted by Crippen LogP contribution is 2.48. The van der Waals surface area contributed by atoms with Gasteiger partial charge in [-0.25, -0.2) is 4.39 Å². The van der Waals surface area contributed by atoms with Crippen LogP contribution >= 0.6 is 10.0 Å². The fourth-order valence-electron chi connectivity index (χ4n) is 3.77. The number of ketones is 1. The van der Waals surface area contributed by atoms with Crippen molar-refractivity contribution >= 4 is 21.4 Å². The normalized spacial score (nSPS) is 22.8. The predicted molar refractivity (Wildman–Crippen MR) is 105 cm³/mol. The summed E-state index contributed by atoms with van der Waals surface area (Å²) >= 11 is 0. The van der Waals surface area contributed by atoms with Crippen molar-refractivity contribution in [1.82, 2.24) is 0 Å². The molecule has 3 nitrogen and oxygen atoms in total. The third kappa shape index (κ3) is 3.48. The number of methoxy groups -OCH3 is 2. The number of fused-ring (bicyclic) bond motifs is 2. The molecule has 1 aromatic rings. The van der Waals surface area contributed by atoms with Crippen molar-refractivity contribution in [3.8, 4) is 16.9 Å². The predicted octanol–water partition coefficient (Wildman–Crippen LogP) is 4.19.